The Balaban J connectivity index is 1.90. The second-order valence-corrected chi connectivity index (χ2v) is 8.10. The van der Waals surface area contributed by atoms with Gasteiger partial charge in [-0.1, -0.05) is 74.5 Å². The summed E-state index contributed by atoms with van der Waals surface area (Å²) in [6.45, 7) is 5.01. The molecule has 1 fully saturated rings. The molecule has 0 aliphatic heterocycles. The van der Waals surface area contributed by atoms with Crippen LogP contribution in [-0.2, 0) is 32.2 Å². The van der Waals surface area contributed by atoms with E-state index in [2.05, 4.69) is 0 Å². The minimum Gasteiger partial charge on any atom is -0.453 e. The number of hydrogen-bond acceptors (Lipinski definition) is 4. The van der Waals surface area contributed by atoms with Crippen molar-refractivity contribution < 1.29 is 27.8 Å². The zero-order chi connectivity index (χ0) is 22.4. The number of benzene rings is 2. The maximum absolute atomic E-state index is 15.4. The van der Waals surface area contributed by atoms with Crippen LogP contribution in [0.3, 0.4) is 0 Å². The Labute approximate surface area is 182 Å². The average molecular weight is 433 g/mol. The molecule has 2 aromatic carbocycles. The van der Waals surface area contributed by atoms with Crippen LogP contribution in [0.2, 0.25) is 0 Å². The van der Waals surface area contributed by atoms with Crippen molar-refractivity contribution in [1.29, 1.82) is 0 Å². The summed E-state index contributed by atoms with van der Waals surface area (Å²) in [6, 6.07) is 18.9. The molecule has 2 aromatic rings. The molecule has 0 spiro atoms. The number of carbonyl (C=O) groups is 1. The first-order chi connectivity index (χ1) is 14.8. The van der Waals surface area contributed by atoms with Gasteiger partial charge in [-0.05, 0) is 23.5 Å². The molecule has 0 aromatic heterocycles. The summed E-state index contributed by atoms with van der Waals surface area (Å²) in [5.74, 6) is -5.47. The number of halogens is 2. The summed E-state index contributed by atoms with van der Waals surface area (Å²) in [5, 5.41) is 0. The fourth-order valence-corrected chi connectivity index (χ4v) is 4.41. The second-order valence-electron chi connectivity index (χ2n) is 8.10. The number of rotatable bonds is 8. The van der Waals surface area contributed by atoms with E-state index in [0.29, 0.717) is 0 Å². The maximum Gasteiger partial charge on any atom is 0.303 e. The van der Waals surface area contributed by atoms with Crippen molar-refractivity contribution in [2.75, 3.05) is 0 Å². The SMILES string of the molecule is CC[C@@H]1[C@@H](C)[C@H](OCc2ccccc2)[C@@H](OCc2ccccc2)[C@H](OC(C)=O)C1(F)F. The summed E-state index contributed by atoms with van der Waals surface area (Å²) in [6.07, 6.45) is -3.23. The monoisotopic (exact) mass is 432 g/mol. The summed E-state index contributed by atoms with van der Waals surface area (Å²) in [4.78, 5) is 11.7. The fourth-order valence-electron chi connectivity index (χ4n) is 4.41. The number of alkyl halides is 2. The molecule has 31 heavy (non-hydrogen) atoms. The Bertz CT molecular complexity index is 828. The molecular formula is C25H30F2O4. The van der Waals surface area contributed by atoms with Gasteiger partial charge in [-0.15, -0.1) is 0 Å². The van der Waals surface area contributed by atoms with Gasteiger partial charge < -0.3 is 14.2 Å². The van der Waals surface area contributed by atoms with Crippen LogP contribution in [0.1, 0.15) is 38.3 Å². The Kier molecular flexibility index (Phi) is 7.79. The van der Waals surface area contributed by atoms with Crippen molar-refractivity contribution in [1.82, 2.24) is 0 Å². The Morgan fingerprint density at radius 1 is 0.903 bits per heavy atom. The quantitative estimate of drug-likeness (QED) is 0.524. The zero-order valence-electron chi connectivity index (χ0n) is 18.2. The van der Waals surface area contributed by atoms with Crippen molar-refractivity contribution in [2.45, 2.75) is 64.6 Å². The van der Waals surface area contributed by atoms with Crippen LogP contribution in [0.5, 0.6) is 0 Å². The molecule has 0 heterocycles. The van der Waals surface area contributed by atoms with Gasteiger partial charge in [0.15, 0.2) is 6.10 Å². The minimum absolute atomic E-state index is 0.119. The highest BCUT2D eigenvalue weighted by atomic mass is 19.3. The van der Waals surface area contributed by atoms with E-state index in [9.17, 15) is 4.79 Å². The lowest BCUT2D eigenvalue weighted by Gasteiger charge is -2.49. The van der Waals surface area contributed by atoms with E-state index in [4.69, 9.17) is 14.2 Å². The molecule has 0 N–H and O–H groups in total. The molecule has 0 unspecified atom stereocenters. The van der Waals surface area contributed by atoms with Gasteiger partial charge in [0.2, 0.25) is 0 Å². The highest BCUT2D eigenvalue weighted by Crippen LogP contribution is 2.47. The third-order valence-electron chi connectivity index (χ3n) is 5.95. The van der Waals surface area contributed by atoms with E-state index >= 15 is 8.78 Å². The third-order valence-corrected chi connectivity index (χ3v) is 5.95. The van der Waals surface area contributed by atoms with Gasteiger partial charge in [0.05, 0.1) is 19.3 Å². The Hall–Kier alpha value is -2.31. The van der Waals surface area contributed by atoms with Crippen LogP contribution in [0.4, 0.5) is 8.78 Å². The van der Waals surface area contributed by atoms with Gasteiger partial charge in [0.1, 0.15) is 6.10 Å². The first kappa shape index (κ1) is 23.4. The lowest BCUT2D eigenvalue weighted by atomic mass is 9.71. The number of esters is 1. The summed E-state index contributed by atoms with van der Waals surface area (Å²) >= 11 is 0. The van der Waals surface area contributed by atoms with E-state index < -0.39 is 42.0 Å². The molecule has 0 amide bonds. The lowest BCUT2D eigenvalue weighted by Crippen LogP contribution is -2.64. The first-order valence-electron chi connectivity index (χ1n) is 10.7. The van der Waals surface area contributed by atoms with Gasteiger partial charge in [0, 0.05) is 12.8 Å². The van der Waals surface area contributed by atoms with Crippen molar-refractivity contribution >= 4 is 5.97 Å². The topological polar surface area (TPSA) is 44.8 Å². The number of hydrogen-bond donors (Lipinski definition) is 0. The van der Waals surface area contributed by atoms with E-state index in [1.807, 2.05) is 60.7 Å². The third kappa shape index (κ3) is 5.49. The predicted molar refractivity (Wildman–Crippen MR) is 113 cm³/mol. The van der Waals surface area contributed by atoms with Crippen LogP contribution in [0.25, 0.3) is 0 Å². The van der Waals surface area contributed by atoms with Crippen molar-refractivity contribution in [3.05, 3.63) is 71.8 Å². The fraction of sp³-hybridized carbons (Fsp3) is 0.480. The average Bonchev–Trinajstić information content (AvgIpc) is 2.75. The largest absolute Gasteiger partial charge is 0.453 e. The molecule has 168 valence electrons. The molecule has 1 saturated carbocycles. The van der Waals surface area contributed by atoms with E-state index in [-0.39, 0.29) is 19.6 Å². The Morgan fingerprint density at radius 3 is 1.84 bits per heavy atom. The smallest absolute Gasteiger partial charge is 0.303 e. The number of carbonyl (C=O) groups excluding carboxylic acids is 1. The molecule has 1 aliphatic carbocycles. The summed E-state index contributed by atoms with van der Waals surface area (Å²) in [7, 11) is 0. The van der Waals surface area contributed by atoms with E-state index in [0.717, 1.165) is 18.1 Å². The van der Waals surface area contributed by atoms with E-state index in [1.165, 1.54) is 0 Å². The second kappa shape index (κ2) is 10.3. The van der Waals surface area contributed by atoms with Crippen molar-refractivity contribution in [3.8, 4) is 0 Å². The summed E-state index contributed by atoms with van der Waals surface area (Å²) in [5.41, 5.74) is 1.78. The molecule has 3 rings (SSSR count). The molecule has 5 atom stereocenters. The lowest BCUT2D eigenvalue weighted by molar-refractivity contribution is -0.280. The first-order valence-corrected chi connectivity index (χ1v) is 10.7. The molecule has 0 saturated heterocycles. The normalized spacial score (nSPS) is 27.6. The van der Waals surface area contributed by atoms with Crippen LogP contribution >= 0.6 is 0 Å². The molecular weight excluding hydrogens is 402 g/mol. The van der Waals surface area contributed by atoms with Crippen molar-refractivity contribution in [2.24, 2.45) is 11.8 Å². The highest BCUT2D eigenvalue weighted by Gasteiger charge is 2.62. The van der Waals surface area contributed by atoms with Crippen LogP contribution in [-0.4, -0.2) is 30.2 Å². The minimum atomic E-state index is -3.23. The van der Waals surface area contributed by atoms with Gasteiger partial charge >= 0.3 is 5.97 Å². The molecule has 4 nitrogen and oxygen atoms in total. The number of ether oxygens (including phenoxy) is 3. The molecule has 1 aliphatic rings. The molecule has 6 heteroatoms. The van der Waals surface area contributed by atoms with Crippen LogP contribution in [0, 0.1) is 11.8 Å². The summed E-state index contributed by atoms with van der Waals surface area (Å²) < 4.78 is 48.2. The highest BCUT2D eigenvalue weighted by molar-refractivity contribution is 5.66. The van der Waals surface area contributed by atoms with Crippen molar-refractivity contribution in [3.63, 3.8) is 0 Å². The van der Waals surface area contributed by atoms with Gasteiger partial charge in [-0.3, -0.25) is 4.79 Å². The van der Waals surface area contributed by atoms with Gasteiger partial charge in [0.25, 0.3) is 5.92 Å². The van der Waals surface area contributed by atoms with Crippen LogP contribution < -0.4 is 0 Å². The van der Waals surface area contributed by atoms with Crippen LogP contribution in [0.15, 0.2) is 60.7 Å². The molecule has 0 bridgehead atoms. The maximum atomic E-state index is 15.4. The predicted octanol–water partition coefficient (Wildman–Crippen LogP) is 5.40. The van der Waals surface area contributed by atoms with E-state index in [1.54, 1.807) is 13.8 Å². The van der Waals surface area contributed by atoms with Gasteiger partial charge in [-0.25, -0.2) is 8.78 Å². The van der Waals surface area contributed by atoms with Gasteiger partial charge in [-0.2, -0.15) is 0 Å². The Morgan fingerprint density at radius 2 is 1.39 bits per heavy atom. The zero-order valence-corrected chi connectivity index (χ0v) is 18.2. The molecule has 0 radical (unpaired) electrons. The standard InChI is InChI=1S/C25H30F2O4/c1-4-21-17(2)22(29-15-19-11-7-5-8-12-19)23(24(25(21,26)27)31-18(3)28)30-16-20-13-9-6-10-14-20/h5-14,17,21-24H,4,15-16H2,1-3H3/t17-,21-,22+,23-,24+/m1/s1.